The van der Waals surface area contributed by atoms with Crippen molar-refractivity contribution in [1.82, 2.24) is 0 Å². The van der Waals surface area contributed by atoms with Gasteiger partial charge in [0.05, 0.1) is 0 Å². The third-order valence-corrected chi connectivity index (χ3v) is 0. The summed E-state index contributed by atoms with van der Waals surface area (Å²) in [4.78, 5) is 0. The van der Waals surface area contributed by atoms with E-state index >= 15 is 0 Å². The van der Waals surface area contributed by atoms with Crippen LogP contribution in [0.3, 0.4) is 0 Å². The second kappa shape index (κ2) is 22.5. The van der Waals surface area contributed by atoms with Crippen molar-refractivity contribution in [2.75, 3.05) is 0 Å². The molecule has 4 heteroatoms. The molecule has 0 aliphatic rings. The Morgan fingerprint density at radius 1 is 1.80 bits per heavy atom. The van der Waals surface area contributed by atoms with Gasteiger partial charge in [-0.05, 0) is 0 Å². The van der Waals surface area contributed by atoms with Crippen LogP contribution >= 0.6 is 22.4 Å². The molecule has 0 spiro atoms. The van der Waals surface area contributed by atoms with Crippen molar-refractivity contribution in [3.63, 3.8) is 0 Å². The van der Waals surface area contributed by atoms with E-state index in [1.54, 1.807) is 0 Å². The molecule has 0 aromatic rings. The molecule has 2 N–H and O–H groups in total. The van der Waals surface area contributed by atoms with Gasteiger partial charge in [-0.3, -0.25) is 0 Å². The summed E-state index contributed by atoms with van der Waals surface area (Å²) in [7, 11) is 4.26. The summed E-state index contributed by atoms with van der Waals surface area (Å²) < 4.78 is 0. The normalized spacial score (nSPS) is 3.80. The van der Waals surface area contributed by atoms with E-state index in [0.29, 0.717) is 0 Å². The van der Waals surface area contributed by atoms with Crippen LogP contribution in [0.1, 0.15) is 0 Å². The molecule has 0 unspecified atom stereocenters. The summed E-state index contributed by atoms with van der Waals surface area (Å²) in [6.07, 6.45) is 0. The van der Waals surface area contributed by atoms with Crippen molar-refractivity contribution in [3.8, 4) is 0 Å². The van der Waals surface area contributed by atoms with Crippen molar-refractivity contribution in [3.05, 3.63) is 0 Å². The zero-order valence-corrected chi connectivity index (χ0v) is 4.74. The molecule has 0 atom stereocenters. The van der Waals surface area contributed by atoms with Gasteiger partial charge >= 0.3 is 24.8 Å². The average Bonchev–Trinajstić information content (AvgIpc) is 1.46. The summed E-state index contributed by atoms with van der Waals surface area (Å²) in [5, 5.41) is 0. The molecule has 0 saturated carbocycles. The minimum absolute atomic E-state index is 1.83. The second-order valence-corrected chi connectivity index (χ2v) is 0.354. The van der Waals surface area contributed by atoms with Gasteiger partial charge in [0.1, 0.15) is 0 Å². The summed E-state index contributed by atoms with van der Waals surface area (Å²) in [6, 6.07) is 0. The third-order valence-electron chi connectivity index (χ3n) is 0. The van der Waals surface area contributed by atoms with Gasteiger partial charge < -0.3 is 23.4 Å². The fourth-order valence-electron chi connectivity index (χ4n) is 0. The standard InChI is InChI=1S/CH2NS.ClH.Ni/c2-1-3;;/h(H2,2,3);1H;/q-1;;+1/p-1. The first-order valence-electron chi connectivity index (χ1n) is 0.612. The van der Waals surface area contributed by atoms with Crippen LogP contribution in [0.2, 0.25) is 0 Å². The SMILES string of the molecule is N[C-]=S.[Cl][Ni]. The molecule has 0 fully saturated rings. The zero-order chi connectivity index (χ0) is 4.71. The van der Waals surface area contributed by atoms with E-state index in [0.717, 1.165) is 0 Å². The fourth-order valence-corrected chi connectivity index (χ4v) is 0. The molecular weight excluding hydrogens is 152 g/mol. The van der Waals surface area contributed by atoms with Crippen LogP contribution < -0.4 is 5.73 Å². The van der Waals surface area contributed by atoms with Crippen LogP contribution in [0.15, 0.2) is 0 Å². The van der Waals surface area contributed by atoms with Gasteiger partial charge in [0, 0.05) is 0 Å². The van der Waals surface area contributed by atoms with Gasteiger partial charge in [0.15, 0.2) is 0 Å². The number of thiocarbonyl (C=S) groups is 1. The summed E-state index contributed by atoms with van der Waals surface area (Å²) >= 11 is 7.27. The number of nitrogens with two attached hydrogens (primary N) is 1. The maximum absolute atomic E-state index is 4.41. The second-order valence-electron chi connectivity index (χ2n) is 0.118. The summed E-state index contributed by atoms with van der Waals surface area (Å²) in [5.41, 5.74) is 6.25. The van der Waals surface area contributed by atoms with E-state index in [2.05, 4.69) is 42.7 Å². The van der Waals surface area contributed by atoms with Crippen molar-refractivity contribution in [2.24, 2.45) is 5.73 Å². The molecule has 0 rings (SSSR count). The monoisotopic (exact) mass is 153 g/mol. The topological polar surface area (TPSA) is 26.0 Å². The maximum atomic E-state index is 4.41. The Hall–Kier alpha value is 0.674. The average molecular weight is 154 g/mol. The van der Waals surface area contributed by atoms with E-state index in [9.17, 15) is 0 Å². The van der Waals surface area contributed by atoms with Gasteiger partial charge in [0.25, 0.3) is 0 Å². The van der Waals surface area contributed by atoms with Crippen molar-refractivity contribution in [1.29, 1.82) is 0 Å². The molecule has 0 aromatic heterocycles. The molecule has 5 heavy (non-hydrogen) atoms. The van der Waals surface area contributed by atoms with Crippen LogP contribution in [0.5, 0.6) is 0 Å². The molecule has 0 aliphatic heterocycles. The first-order chi connectivity index (χ1) is 2.41. The Morgan fingerprint density at radius 2 is 1.80 bits per heavy atom. The summed E-state index contributed by atoms with van der Waals surface area (Å²) in [6.45, 7) is 0. The Morgan fingerprint density at radius 3 is 1.80 bits per heavy atom. The van der Waals surface area contributed by atoms with E-state index in [-0.39, 0.29) is 0 Å². The predicted molar refractivity (Wildman–Crippen MR) is 22.6 cm³/mol. The van der Waals surface area contributed by atoms with Gasteiger partial charge in [-0.2, -0.15) is 0 Å². The molecule has 0 radical (unpaired) electrons. The van der Waals surface area contributed by atoms with Crippen molar-refractivity contribution in [2.45, 2.75) is 0 Å². The van der Waals surface area contributed by atoms with Gasteiger partial charge in [-0.25, -0.2) is 0 Å². The van der Waals surface area contributed by atoms with Crippen LogP contribution in [0, 0.1) is 0 Å². The summed E-state index contributed by atoms with van der Waals surface area (Å²) in [5.74, 6) is 0. The van der Waals surface area contributed by atoms with Crippen molar-refractivity contribution < 1.29 is 14.6 Å². The Bertz CT molecular complexity index is 19.1. The van der Waals surface area contributed by atoms with Crippen LogP contribution in [0.4, 0.5) is 0 Å². The molecule has 0 aromatic carbocycles. The first kappa shape index (κ1) is 9.18. The number of hydrogen-bond donors (Lipinski definition) is 1. The molecule has 35 valence electrons. The van der Waals surface area contributed by atoms with Gasteiger partial charge in [0.2, 0.25) is 0 Å². The van der Waals surface area contributed by atoms with Crippen LogP contribution in [-0.4, -0.2) is 5.49 Å². The Labute approximate surface area is 48.5 Å². The number of rotatable bonds is 0. The molecule has 0 saturated heterocycles. The Balaban J connectivity index is 0. The van der Waals surface area contributed by atoms with Gasteiger partial charge in [-0.1, -0.05) is 0 Å². The van der Waals surface area contributed by atoms with Crippen LogP contribution in [0.25, 0.3) is 0 Å². The van der Waals surface area contributed by atoms with Crippen LogP contribution in [-0.2, 0) is 14.6 Å². The third kappa shape index (κ3) is 73.6. The fraction of sp³-hybridized carbons (Fsp3) is 0. The molecule has 1 nitrogen and oxygen atoms in total. The van der Waals surface area contributed by atoms with E-state index in [1.165, 1.54) is 0 Å². The molecule has 0 amide bonds. The molecule has 0 aliphatic carbocycles. The minimum atomic E-state index is 1.83. The first-order valence-corrected chi connectivity index (χ1v) is 2.38. The van der Waals surface area contributed by atoms with E-state index in [4.69, 9.17) is 0 Å². The molecular formula is CH2ClNNiS-. The Kier molecular flexibility index (Phi) is 41.4. The zero-order valence-electron chi connectivity index (χ0n) is 2.18. The van der Waals surface area contributed by atoms with E-state index in [1.807, 2.05) is 5.49 Å². The number of halogens is 1. The molecule has 0 heterocycles. The van der Waals surface area contributed by atoms with Gasteiger partial charge in [-0.15, -0.1) is 0 Å². The predicted octanol–water partition coefficient (Wildman–Crippen LogP) is 0.466. The molecule has 0 bridgehead atoms. The number of hydrogen-bond acceptors (Lipinski definition) is 1. The quantitative estimate of drug-likeness (QED) is 0.237. The van der Waals surface area contributed by atoms with Crippen molar-refractivity contribution >= 4 is 27.9 Å². The van der Waals surface area contributed by atoms with E-state index < -0.39 is 0 Å².